The number of aliphatic hydroxyl groups is 1. The summed E-state index contributed by atoms with van der Waals surface area (Å²) >= 11 is 0. The Kier molecular flexibility index (Phi) is 4.00. The Bertz CT molecular complexity index is 686. The number of ketones is 1. The molecule has 4 nitrogen and oxygen atoms in total. The van der Waals surface area contributed by atoms with Gasteiger partial charge in [0.05, 0.1) is 18.8 Å². The van der Waals surface area contributed by atoms with Crippen LogP contribution in [0.1, 0.15) is 65.2 Å². The van der Waals surface area contributed by atoms with Crippen molar-refractivity contribution in [2.24, 2.45) is 28.6 Å². The van der Waals surface area contributed by atoms with E-state index >= 15 is 0 Å². The van der Waals surface area contributed by atoms with E-state index in [0.29, 0.717) is 30.8 Å². The minimum Gasteiger partial charge on any atom is -0.393 e. The van der Waals surface area contributed by atoms with E-state index in [0.717, 1.165) is 38.5 Å². The maximum atomic E-state index is 13.1. The van der Waals surface area contributed by atoms with Crippen molar-refractivity contribution in [2.75, 3.05) is 13.7 Å². The van der Waals surface area contributed by atoms with Gasteiger partial charge in [0.15, 0.2) is 11.4 Å². The summed E-state index contributed by atoms with van der Waals surface area (Å²) in [5.74, 6) is 2.22. The van der Waals surface area contributed by atoms with Crippen LogP contribution in [0.15, 0.2) is 11.6 Å². The van der Waals surface area contributed by atoms with E-state index in [1.807, 2.05) is 0 Å². The van der Waals surface area contributed by atoms with Crippen LogP contribution in [-0.4, -0.2) is 42.4 Å². The molecule has 4 fully saturated rings. The van der Waals surface area contributed by atoms with Gasteiger partial charge >= 0.3 is 0 Å². The van der Waals surface area contributed by atoms with E-state index in [4.69, 9.17) is 9.47 Å². The average molecular weight is 375 g/mol. The number of ether oxygens (including phenoxy) is 2. The highest BCUT2D eigenvalue weighted by Gasteiger charge is 2.79. The number of methoxy groups -OCH3 is 1. The molecule has 0 aromatic rings. The molecule has 150 valence electrons. The fourth-order valence-corrected chi connectivity index (χ4v) is 7.94. The van der Waals surface area contributed by atoms with Gasteiger partial charge in [0, 0.05) is 18.9 Å². The quantitative estimate of drug-likeness (QED) is 0.603. The predicted octanol–water partition coefficient (Wildman–Crippen LogP) is 3.66. The van der Waals surface area contributed by atoms with Gasteiger partial charge in [-0.05, 0) is 68.1 Å². The molecule has 0 unspecified atom stereocenters. The highest BCUT2D eigenvalue weighted by atomic mass is 16.6. The molecule has 1 N–H and O–H groups in total. The number of aliphatic hydroxyl groups excluding tert-OH is 1. The molecule has 4 aliphatic carbocycles. The summed E-state index contributed by atoms with van der Waals surface area (Å²) in [6, 6.07) is 0. The molecule has 8 atom stereocenters. The maximum Gasteiger partial charge on any atom is 0.170 e. The van der Waals surface area contributed by atoms with Crippen LogP contribution in [0.5, 0.6) is 0 Å². The lowest BCUT2D eigenvalue weighted by molar-refractivity contribution is -0.138. The van der Waals surface area contributed by atoms with Crippen molar-refractivity contribution >= 4 is 5.78 Å². The Balaban J connectivity index is 1.44. The molecular formula is C23H34O4. The van der Waals surface area contributed by atoms with E-state index in [2.05, 4.69) is 19.9 Å². The van der Waals surface area contributed by atoms with E-state index < -0.39 is 5.60 Å². The number of allylic oxidation sites excluding steroid dienone is 1. The van der Waals surface area contributed by atoms with Gasteiger partial charge in [-0.15, -0.1) is 0 Å². The molecule has 0 spiro atoms. The Morgan fingerprint density at radius 2 is 2.11 bits per heavy atom. The Morgan fingerprint density at radius 1 is 1.30 bits per heavy atom. The van der Waals surface area contributed by atoms with Crippen molar-refractivity contribution < 1.29 is 19.4 Å². The zero-order valence-corrected chi connectivity index (χ0v) is 17.0. The van der Waals surface area contributed by atoms with Gasteiger partial charge in [0.1, 0.15) is 0 Å². The summed E-state index contributed by atoms with van der Waals surface area (Å²) in [7, 11) is 1.66. The van der Waals surface area contributed by atoms with Crippen molar-refractivity contribution in [2.45, 2.75) is 83.0 Å². The molecule has 3 saturated carbocycles. The molecule has 5 aliphatic rings. The monoisotopic (exact) mass is 374 g/mol. The maximum absolute atomic E-state index is 13.1. The number of hydrogen-bond acceptors (Lipinski definition) is 4. The van der Waals surface area contributed by atoms with Crippen molar-refractivity contribution in [1.82, 2.24) is 0 Å². The van der Waals surface area contributed by atoms with E-state index in [-0.39, 0.29) is 28.8 Å². The topological polar surface area (TPSA) is 59.1 Å². The van der Waals surface area contributed by atoms with Gasteiger partial charge in [0.2, 0.25) is 0 Å². The average Bonchev–Trinajstić information content (AvgIpc) is 3.32. The lowest BCUT2D eigenvalue weighted by Gasteiger charge is -2.58. The molecule has 0 aromatic heterocycles. The molecule has 0 bridgehead atoms. The Morgan fingerprint density at radius 3 is 2.89 bits per heavy atom. The highest BCUT2D eigenvalue weighted by molar-refractivity contribution is 5.92. The van der Waals surface area contributed by atoms with Gasteiger partial charge < -0.3 is 14.6 Å². The first-order valence-corrected chi connectivity index (χ1v) is 10.9. The summed E-state index contributed by atoms with van der Waals surface area (Å²) in [5, 5.41) is 10.2. The van der Waals surface area contributed by atoms with E-state index in [1.165, 1.54) is 12.0 Å². The second-order valence-corrected chi connectivity index (χ2v) is 10.4. The summed E-state index contributed by atoms with van der Waals surface area (Å²) < 4.78 is 11.3. The first-order chi connectivity index (χ1) is 12.9. The zero-order valence-electron chi connectivity index (χ0n) is 17.0. The fraction of sp³-hybridized carbons (Fsp3) is 0.870. The highest BCUT2D eigenvalue weighted by Crippen LogP contribution is 2.73. The van der Waals surface area contributed by atoms with Gasteiger partial charge in [0.25, 0.3) is 0 Å². The van der Waals surface area contributed by atoms with Crippen LogP contribution in [0.3, 0.4) is 0 Å². The van der Waals surface area contributed by atoms with Crippen LogP contribution in [0.25, 0.3) is 0 Å². The molecular weight excluding hydrogens is 340 g/mol. The van der Waals surface area contributed by atoms with Crippen molar-refractivity contribution in [3.05, 3.63) is 11.6 Å². The van der Waals surface area contributed by atoms with Crippen LogP contribution < -0.4 is 0 Å². The van der Waals surface area contributed by atoms with Gasteiger partial charge in [-0.2, -0.15) is 0 Å². The summed E-state index contributed by atoms with van der Waals surface area (Å²) in [6.45, 7) is 5.30. The number of fused-ring (bicyclic) bond motifs is 7. The number of carbonyl (C=O) groups is 1. The molecule has 0 aromatic carbocycles. The Labute approximate surface area is 162 Å². The number of rotatable bonds is 4. The zero-order chi connectivity index (χ0) is 19.0. The van der Waals surface area contributed by atoms with Gasteiger partial charge in [-0.25, -0.2) is 0 Å². The molecule has 0 radical (unpaired) electrons. The molecule has 0 amide bonds. The van der Waals surface area contributed by atoms with Crippen LogP contribution in [-0.2, 0) is 14.3 Å². The molecule has 27 heavy (non-hydrogen) atoms. The molecule has 4 heteroatoms. The van der Waals surface area contributed by atoms with Crippen molar-refractivity contribution in [3.63, 3.8) is 0 Å². The lowest BCUT2D eigenvalue weighted by Crippen LogP contribution is -2.54. The summed E-state index contributed by atoms with van der Waals surface area (Å²) in [5.41, 5.74) is 1.23. The number of epoxide rings is 1. The first-order valence-electron chi connectivity index (χ1n) is 10.9. The van der Waals surface area contributed by atoms with Crippen LogP contribution >= 0.6 is 0 Å². The normalized spacial score (nSPS) is 52.9. The molecule has 1 saturated heterocycles. The lowest BCUT2D eigenvalue weighted by atomic mass is 9.47. The fourth-order valence-electron chi connectivity index (χ4n) is 7.94. The first kappa shape index (κ1) is 18.3. The second kappa shape index (κ2) is 5.90. The third kappa shape index (κ3) is 2.24. The van der Waals surface area contributed by atoms with Gasteiger partial charge in [-0.3, -0.25) is 4.79 Å². The standard InChI is InChI=1S/C23H34O4/c1-21-9-6-15(24)12-14(21)4-5-16-17(21)7-10-22(2)18(16)13-20-23(22,27-20)19(25)8-11-26-3/h4,15-18,20,24H,5-13H2,1-3H3/t15-,16+,17-,18+,20+,21-,22-,23+/m0/s1. The summed E-state index contributed by atoms with van der Waals surface area (Å²) in [6.07, 6.45) is 10.3. The Hall–Kier alpha value is -0.710. The third-order valence-corrected chi connectivity index (χ3v) is 9.46. The SMILES string of the molecule is COCCC(=O)[C@@]12O[C@@H]1C[C@@H]1[C@@H]3CC=C4C[C@@H](O)CC[C@]4(C)[C@H]3CC[C@@]12C. The van der Waals surface area contributed by atoms with Crippen LogP contribution in [0.2, 0.25) is 0 Å². The minimum atomic E-state index is -0.519. The predicted molar refractivity (Wildman–Crippen MR) is 102 cm³/mol. The minimum absolute atomic E-state index is 0.0143. The van der Waals surface area contributed by atoms with E-state index in [1.54, 1.807) is 7.11 Å². The largest absolute Gasteiger partial charge is 0.393 e. The van der Waals surface area contributed by atoms with Crippen LogP contribution in [0, 0.1) is 28.6 Å². The van der Waals surface area contributed by atoms with Crippen molar-refractivity contribution in [3.8, 4) is 0 Å². The van der Waals surface area contributed by atoms with Gasteiger partial charge in [-0.1, -0.05) is 25.5 Å². The molecule has 1 heterocycles. The molecule has 1 aliphatic heterocycles. The van der Waals surface area contributed by atoms with E-state index in [9.17, 15) is 9.90 Å². The van der Waals surface area contributed by atoms with Crippen molar-refractivity contribution in [1.29, 1.82) is 0 Å². The van der Waals surface area contributed by atoms with Crippen LogP contribution in [0.4, 0.5) is 0 Å². The smallest absolute Gasteiger partial charge is 0.170 e. The number of carbonyl (C=O) groups excluding carboxylic acids is 1. The third-order valence-electron chi connectivity index (χ3n) is 9.46. The summed E-state index contributed by atoms with van der Waals surface area (Å²) in [4.78, 5) is 13.1. The number of Topliss-reactive ketones (excluding diaryl/α,β-unsaturated/α-hetero) is 1. The number of hydrogen-bond donors (Lipinski definition) is 1. The molecule has 5 rings (SSSR count). The second-order valence-electron chi connectivity index (χ2n) is 10.4.